The van der Waals surface area contributed by atoms with Gasteiger partial charge in [-0.2, -0.15) is 11.8 Å². The molecule has 0 saturated carbocycles. The number of rotatable bonds is 8. The molecule has 2 heteroatoms. The van der Waals surface area contributed by atoms with Crippen molar-refractivity contribution in [3.05, 3.63) is 0 Å². The summed E-state index contributed by atoms with van der Waals surface area (Å²) in [6.45, 7) is 13.8. The summed E-state index contributed by atoms with van der Waals surface area (Å²) in [5.74, 6) is 2.89. The quantitative estimate of drug-likeness (QED) is 0.625. The third-order valence-electron chi connectivity index (χ3n) is 2.50. The van der Waals surface area contributed by atoms with Gasteiger partial charge in [0, 0.05) is 5.25 Å². The number of hydrogen-bond acceptors (Lipinski definition) is 2. The Morgan fingerprint density at radius 2 is 1.79 bits per heavy atom. The fourth-order valence-corrected chi connectivity index (χ4v) is 2.23. The fraction of sp³-hybridized carbons (Fsp3) is 1.00. The van der Waals surface area contributed by atoms with E-state index in [-0.39, 0.29) is 0 Å². The molecule has 0 aromatic heterocycles. The van der Waals surface area contributed by atoms with Crippen LogP contribution in [0.25, 0.3) is 0 Å². The molecule has 0 spiro atoms. The molecule has 1 N–H and O–H groups in total. The van der Waals surface area contributed by atoms with Crippen LogP contribution in [-0.4, -0.2) is 24.1 Å². The van der Waals surface area contributed by atoms with Crippen LogP contribution >= 0.6 is 11.8 Å². The van der Waals surface area contributed by atoms with Crippen molar-refractivity contribution in [1.82, 2.24) is 5.32 Å². The van der Waals surface area contributed by atoms with Crippen LogP contribution in [0.2, 0.25) is 0 Å². The zero-order valence-electron chi connectivity index (χ0n) is 10.5. The normalized spacial score (nSPS) is 15.9. The molecule has 0 fully saturated rings. The van der Waals surface area contributed by atoms with Gasteiger partial charge in [0.15, 0.2) is 0 Å². The Morgan fingerprint density at radius 3 is 2.29 bits per heavy atom. The van der Waals surface area contributed by atoms with Gasteiger partial charge < -0.3 is 5.32 Å². The lowest BCUT2D eigenvalue weighted by atomic mass is 10.2. The van der Waals surface area contributed by atoms with Crippen LogP contribution < -0.4 is 5.32 Å². The highest BCUT2D eigenvalue weighted by atomic mass is 32.2. The first kappa shape index (κ1) is 14.3. The Kier molecular flexibility index (Phi) is 8.80. The Labute approximate surface area is 94.4 Å². The molecule has 86 valence electrons. The van der Waals surface area contributed by atoms with Gasteiger partial charge in [-0.15, -0.1) is 0 Å². The second-order valence-electron chi connectivity index (χ2n) is 4.59. The lowest BCUT2D eigenvalue weighted by Gasteiger charge is -2.18. The SMILES string of the molecule is CCCNCC(C)CSC(C)C(C)C. The van der Waals surface area contributed by atoms with Crippen LogP contribution in [0, 0.1) is 11.8 Å². The van der Waals surface area contributed by atoms with Gasteiger partial charge in [0.05, 0.1) is 0 Å². The van der Waals surface area contributed by atoms with E-state index in [1.54, 1.807) is 0 Å². The zero-order chi connectivity index (χ0) is 11.0. The average molecular weight is 217 g/mol. The molecule has 0 aliphatic rings. The Bertz CT molecular complexity index is 125. The predicted octanol–water partition coefficient (Wildman–Crippen LogP) is 3.40. The summed E-state index contributed by atoms with van der Waals surface area (Å²) in [5, 5.41) is 4.27. The molecule has 1 nitrogen and oxygen atoms in total. The number of thioether (sulfide) groups is 1. The van der Waals surface area contributed by atoms with Crippen LogP contribution in [0.15, 0.2) is 0 Å². The molecule has 0 heterocycles. The first-order valence-electron chi connectivity index (χ1n) is 5.90. The largest absolute Gasteiger partial charge is 0.316 e. The van der Waals surface area contributed by atoms with E-state index in [9.17, 15) is 0 Å². The molecule has 2 atom stereocenters. The maximum absolute atomic E-state index is 3.47. The summed E-state index contributed by atoms with van der Waals surface area (Å²) in [4.78, 5) is 0. The van der Waals surface area contributed by atoms with Gasteiger partial charge in [-0.1, -0.05) is 34.6 Å². The number of hydrogen-bond donors (Lipinski definition) is 1. The maximum atomic E-state index is 3.47. The van der Waals surface area contributed by atoms with E-state index < -0.39 is 0 Å². The van der Waals surface area contributed by atoms with Crippen molar-refractivity contribution in [3.63, 3.8) is 0 Å². The van der Waals surface area contributed by atoms with Crippen molar-refractivity contribution in [2.75, 3.05) is 18.8 Å². The van der Waals surface area contributed by atoms with Gasteiger partial charge in [-0.25, -0.2) is 0 Å². The van der Waals surface area contributed by atoms with E-state index in [4.69, 9.17) is 0 Å². The molecule has 0 aromatic rings. The zero-order valence-corrected chi connectivity index (χ0v) is 11.3. The van der Waals surface area contributed by atoms with Crippen molar-refractivity contribution >= 4 is 11.8 Å². The second kappa shape index (κ2) is 8.60. The van der Waals surface area contributed by atoms with Crippen molar-refractivity contribution in [3.8, 4) is 0 Å². The standard InChI is InChI=1S/C12H27NS/c1-6-7-13-8-11(4)9-14-12(5)10(2)3/h10-13H,6-9H2,1-5H3. The average Bonchev–Trinajstić information content (AvgIpc) is 2.14. The van der Waals surface area contributed by atoms with E-state index in [0.29, 0.717) is 0 Å². The summed E-state index contributed by atoms with van der Waals surface area (Å²) < 4.78 is 0. The van der Waals surface area contributed by atoms with Crippen molar-refractivity contribution in [1.29, 1.82) is 0 Å². The number of nitrogens with one attached hydrogen (secondary N) is 1. The lowest BCUT2D eigenvalue weighted by molar-refractivity contribution is 0.554. The summed E-state index contributed by atoms with van der Waals surface area (Å²) >= 11 is 2.11. The first-order valence-corrected chi connectivity index (χ1v) is 6.95. The van der Waals surface area contributed by atoms with Gasteiger partial charge >= 0.3 is 0 Å². The highest BCUT2D eigenvalue weighted by Crippen LogP contribution is 2.20. The van der Waals surface area contributed by atoms with Crippen LogP contribution in [0.3, 0.4) is 0 Å². The van der Waals surface area contributed by atoms with E-state index in [0.717, 1.165) is 23.6 Å². The van der Waals surface area contributed by atoms with E-state index in [2.05, 4.69) is 51.7 Å². The molecular formula is C12H27NS. The van der Waals surface area contributed by atoms with E-state index >= 15 is 0 Å². The van der Waals surface area contributed by atoms with Gasteiger partial charge in [-0.05, 0) is 37.1 Å². The van der Waals surface area contributed by atoms with Gasteiger partial charge in [0.25, 0.3) is 0 Å². The monoisotopic (exact) mass is 217 g/mol. The van der Waals surface area contributed by atoms with Crippen LogP contribution in [-0.2, 0) is 0 Å². The molecular weight excluding hydrogens is 190 g/mol. The molecule has 0 saturated heterocycles. The van der Waals surface area contributed by atoms with E-state index in [1.165, 1.54) is 18.7 Å². The molecule has 0 bridgehead atoms. The van der Waals surface area contributed by atoms with E-state index in [1.807, 2.05) is 0 Å². The predicted molar refractivity (Wildman–Crippen MR) is 69.1 cm³/mol. The molecule has 2 unspecified atom stereocenters. The molecule has 0 aromatic carbocycles. The Hall–Kier alpha value is 0.310. The van der Waals surface area contributed by atoms with Crippen LogP contribution in [0.4, 0.5) is 0 Å². The third kappa shape index (κ3) is 7.69. The van der Waals surface area contributed by atoms with Crippen molar-refractivity contribution < 1.29 is 0 Å². The third-order valence-corrected chi connectivity index (χ3v) is 4.33. The summed E-state index contributed by atoms with van der Waals surface area (Å²) in [6.07, 6.45) is 1.24. The first-order chi connectivity index (χ1) is 6.57. The van der Waals surface area contributed by atoms with Crippen LogP contribution in [0.1, 0.15) is 41.0 Å². The lowest BCUT2D eigenvalue weighted by Crippen LogP contribution is -2.23. The summed E-state index contributed by atoms with van der Waals surface area (Å²) in [7, 11) is 0. The minimum atomic E-state index is 0.795. The minimum Gasteiger partial charge on any atom is -0.316 e. The van der Waals surface area contributed by atoms with Crippen molar-refractivity contribution in [2.45, 2.75) is 46.3 Å². The molecule has 14 heavy (non-hydrogen) atoms. The Balaban J connectivity index is 3.38. The van der Waals surface area contributed by atoms with Crippen molar-refractivity contribution in [2.24, 2.45) is 11.8 Å². The molecule has 0 rings (SSSR count). The topological polar surface area (TPSA) is 12.0 Å². The van der Waals surface area contributed by atoms with Gasteiger partial charge in [-0.3, -0.25) is 0 Å². The molecule has 0 aliphatic heterocycles. The highest BCUT2D eigenvalue weighted by Gasteiger charge is 2.09. The second-order valence-corrected chi connectivity index (χ2v) is 6.00. The molecule has 0 radical (unpaired) electrons. The summed E-state index contributed by atoms with van der Waals surface area (Å²) in [5.41, 5.74) is 0. The van der Waals surface area contributed by atoms with Gasteiger partial charge in [0.2, 0.25) is 0 Å². The van der Waals surface area contributed by atoms with Gasteiger partial charge in [0.1, 0.15) is 0 Å². The highest BCUT2D eigenvalue weighted by molar-refractivity contribution is 7.99. The smallest absolute Gasteiger partial charge is 0.00418 e. The van der Waals surface area contributed by atoms with Crippen LogP contribution in [0.5, 0.6) is 0 Å². The summed E-state index contributed by atoms with van der Waals surface area (Å²) in [6, 6.07) is 0. The fourth-order valence-electron chi connectivity index (χ4n) is 1.09. The molecule has 0 aliphatic carbocycles. The minimum absolute atomic E-state index is 0.795. The maximum Gasteiger partial charge on any atom is 0.00418 e. The Morgan fingerprint density at radius 1 is 1.14 bits per heavy atom. The molecule has 0 amide bonds.